The Bertz CT molecular complexity index is 225. The molecule has 88 valence electrons. The highest BCUT2D eigenvalue weighted by atomic mass is 16.5. The lowest BCUT2D eigenvalue weighted by Crippen LogP contribution is -2.05. The minimum Gasteiger partial charge on any atom is -0.466 e. The Morgan fingerprint density at radius 3 is 2.20 bits per heavy atom. The summed E-state index contributed by atoms with van der Waals surface area (Å²) in [5.74, 6) is 0.446. The van der Waals surface area contributed by atoms with Crippen molar-refractivity contribution < 1.29 is 9.53 Å². The zero-order chi connectivity index (χ0) is 11.8. The number of hydrogen-bond acceptors (Lipinski definition) is 2. The van der Waals surface area contributed by atoms with Gasteiger partial charge in [0.1, 0.15) is 0 Å². The van der Waals surface area contributed by atoms with Crippen LogP contribution in [0.25, 0.3) is 0 Å². The largest absolute Gasteiger partial charge is 0.466 e. The highest BCUT2D eigenvalue weighted by molar-refractivity contribution is 5.65. The highest BCUT2D eigenvalue weighted by Crippen LogP contribution is 2.16. The topological polar surface area (TPSA) is 26.3 Å². The molecule has 0 aromatic rings. The molecule has 0 saturated heterocycles. The van der Waals surface area contributed by atoms with Gasteiger partial charge in [-0.2, -0.15) is 0 Å². The SMILES string of the molecule is CC(=O)OCC[C@@H](C)CCC(C)=C(C)C. The van der Waals surface area contributed by atoms with Crippen LogP contribution in [-0.4, -0.2) is 12.6 Å². The molecule has 15 heavy (non-hydrogen) atoms. The fraction of sp³-hybridized carbons (Fsp3) is 0.769. The molecular weight excluding hydrogens is 188 g/mol. The fourth-order valence-corrected chi connectivity index (χ4v) is 1.26. The zero-order valence-electron chi connectivity index (χ0n) is 10.7. The van der Waals surface area contributed by atoms with Crippen LogP contribution < -0.4 is 0 Å². The summed E-state index contributed by atoms with van der Waals surface area (Å²) < 4.78 is 4.92. The first-order chi connectivity index (χ1) is 6.93. The second-order valence-electron chi connectivity index (χ2n) is 4.55. The van der Waals surface area contributed by atoms with Gasteiger partial charge in [0.2, 0.25) is 0 Å². The molecule has 0 aliphatic rings. The summed E-state index contributed by atoms with van der Waals surface area (Å²) in [5, 5.41) is 0. The molecule has 0 N–H and O–H groups in total. The Hall–Kier alpha value is -0.790. The second-order valence-corrected chi connectivity index (χ2v) is 4.55. The smallest absolute Gasteiger partial charge is 0.302 e. The quantitative estimate of drug-likeness (QED) is 0.495. The van der Waals surface area contributed by atoms with Crippen molar-refractivity contribution in [3.63, 3.8) is 0 Å². The van der Waals surface area contributed by atoms with E-state index in [2.05, 4.69) is 27.7 Å². The molecule has 0 heterocycles. The summed E-state index contributed by atoms with van der Waals surface area (Å²) in [6.07, 6.45) is 3.30. The van der Waals surface area contributed by atoms with Crippen LogP contribution >= 0.6 is 0 Å². The van der Waals surface area contributed by atoms with E-state index in [0.29, 0.717) is 12.5 Å². The van der Waals surface area contributed by atoms with Crippen LogP contribution in [0.3, 0.4) is 0 Å². The van der Waals surface area contributed by atoms with Crippen molar-refractivity contribution in [2.45, 2.75) is 53.9 Å². The first kappa shape index (κ1) is 14.2. The summed E-state index contributed by atoms with van der Waals surface area (Å²) in [7, 11) is 0. The minimum absolute atomic E-state index is 0.178. The van der Waals surface area contributed by atoms with E-state index in [1.807, 2.05) is 0 Å². The Morgan fingerprint density at radius 1 is 1.13 bits per heavy atom. The van der Waals surface area contributed by atoms with Crippen molar-refractivity contribution in [1.82, 2.24) is 0 Å². The van der Waals surface area contributed by atoms with Gasteiger partial charge in [-0.3, -0.25) is 4.79 Å². The fourth-order valence-electron chi connectivity index (χ4n) is 1.26. The first-order valence-electron chi connectivity index (χ1n) is 5.69. The van der Waals surface area contributed by atoms with Crippen LogP contribution in [0.1, 0.15) is 53.9 Å². The summed E-state index contributed by atoms with van der Waals surface area (Å²) in [5.41, 5.74) is 2.90. The minimum atomic E-state index is -0.178. The van der Waals surface area contributed by atoms with Gasteiger partial charge in [0.05, 0.1) is 6.61 Å². The van der Waals surface area contributed by atoms with Gasteiger partial charge in [-0.15, -0.1) is 0 Å². The number of hydrogen-bond donors (Lipinski definition) is 0. The van der Waals surface area contributed by atoms with Crippen LogP contribution in [0.5, 0.6) is 0 Å². The third-order valence-corrected chi connectivity index (χ3v) is 2.78. The van der Waals surface area contributed by atoms with Crippen molar-refractivity contribution in [2.75, 3.05) is 6.61 Å². The third-order valence-electron chi connectivity index (χ3n) is 2.78. The Kier molecular flexibility index (Phi) is 7.10. The molecule has 0 saturated carbocycles. The Balaban J connectivity index is 3.62. The maximum absolute atomic E-state index is 10.6. The maximum atomic E-state index is 10.6. The molecule has 0 spiro atoms. The lowest BCUT2D eigenvalue weighted by atomic mass is 9.97. The van der Waals surface area contributed by atoms with Gasteiger partial charge in [-0.1, -0.05) is 18.1 Å². The molecule has 0 unspecified atom stereocenters. The van der Waals surface area contributed by atoms with Crippen LogP contribution in [-0.2, 0) is 9.53 Å². The van der Waals surface area contributed by atoms with Crippen molar-refractivity contribution in [1.29, 1.82) is 0 Å². The molecule has 0 rings (SSSR count). The van der Waals surface area contributed by atoms with E-state index in [9.17, 15) is 4.79 Å². The van der Waals surface area contributed by atoms with Crippen LogP contribution in [0.2, 0.25) is 0 Å². The van der Waals surface area contributed by atoms with E-state index in [1.54, 1.807) is 0 Å². The van der Waals surface area contributed by atoms with Gasteiger partial charge in [-0.25, -0.2) is 0 Å². The van der Waals surface area contributed by atoms with E-state index >= 15 is 0 Å². The van der Waals surface area contributed by atoms with Gasteiger partial charge in [-0.05, 0) is 46.0 Å². The van der Waals surface area contributed by atoms with Crippen molar-refractivity contribution in [3.05, 3.63) is 11.1 Å². The summed E-state index contributed by atoms with van der Waals surface area (Å²) in [6.45, 7) is 10.7. The lowest BCUT2D eigenvalue weighted by molar-refractivity contribution is -0.141. The monoisotopic (exact) mass is 212 g/mol. The van der Waals surface area contributed by atoms with Gasteiger partial charge >= 0.3 is 5.97 Å². The molecule has 2 heteroatoms. The van der Waals surface area contributed by atoms with Gasteiger partial charge < -0.3 is 4.74 Å². The van der Waals surface area contributed by atoms with Crippen molar-refractivity contribution in [2.24, 2.45) is 5.92 Å². The molecule has 0 fully saturated rings. The third kappa shape index (κ3) is 8.22. The van der Waals surface area contributed by atoms with Gasteiger partial charge in [0.15, 0.2) is 0 Å². The number of carbonyl (C=O) groups excluding carboxylic acids is 1. The van der Waals surface area contributed by atoms with Crippen LogP contribution in [0.15, 0.2) is 11.1 Å². The van der Waals surface area contributed by atoms with E-state index in [0.717, 1.165) is 12.8 Å². The van der Waals surface area contributed by atoms with E-state index in [4.69, 9.17) is 4.74 Å². The molecule has 0 aromatic heterocycles. The lowest BCUT2D eigenvalue weighted by Gasteiger charge is -2.11. The average molecular weight is 212 g/mol. The van der Waals surface area contributed by atoms with Crippen LogP contribution in [0.4, 0.5) is 0 Å². The Morgan fingerprint density at radius 2 is 1.73 bits per heavy atom. The average Bonchev–Trinajstić information content (AvgIpc) is 2.13. The first-order valence-corrected chi connectivity index (χ1v) is 5.69. The highest BCUT2D eigenvalue weighted by Gasteiger charge is 2.04. The van der Waals surface area contributed by atoms with E-state index < -0.39 is 0 Å². The zero-order valence-corrected chi connectivity index (χ0v) is 10.7. The second kappa shape index (κ2) is 7.49. The van der Waals surface area contributed by atoms with Gasteiger partial charge in [0.25, 0.3) is 0 Å². The number of esters is 1. The molecular formula is C13H24O2. The molecule has 0 amide bonds. The van der Waals surface area contributed by atoms with Crippen LogP contribution in [0, 0.1) is 5.92 Å². The standard InChI is InChI=1S/C13H24O2/c1-10(2)12(4)7-6-11(3)8-9-15-13(5)14/h11H,6-9H2,1-5H3/t11-/m0/s1. The van der Waals surface area contributed by atoms with Gasteiger partial charge in [0, 0.05) is 6.92 Å². The molecule has 0 aliphatic carbocycles. The van der Waals surface area contributed by atoms with Crippen molar-refractivity contribution >= 4 is 5.97 Å². The summed E-state index contributed by atoms with van der Waals surface area (Å²) in [6, 6.07) is 0. The van der Waals surface area contributed by atoms with E-state index in [-0.39, 0.29) is 5.97 Å². The Labute approximate surface area is 93.7 Å². The molecule has 0 aromatic carbocycles. The predicted molar refractivity (Wildman–Crippen MR) is 63.7 cm³/mol. The molecule has 2 nitrogen and oxygen atoms in total. The number of rotatable bonds is 6. The number of ether oxygens (including phenoxy) is 1. The molecule has 1 atom stereocenters. The number of carbonyl (C=O) groups is 1. The summed E-state index contributed by atoms with van der Waals surface area (Å²) >= 11 is 0. The molecule has 0 radical (unpaired) electrons. The predicted octanol–water partition coefficient (Wildman–Crippen LogP) is 3.71. The maximum Gasteiger partial charge on any atom is 0.302 e. The molecule has 0 aliphatic heterocycles. The normalized spacial score (nSPS) is 12.1. The van der Waals surface area contributed by atoms with E-state index in [1.165, 1.54) is 24.5 Å². The summed E-state index contributed by atoms with van der Waals surface area (Å²) in [4.78, 5) is 10.6. The molecule has 0 bridgehead atoms. The van der Waals surface area contributed by atoms with Crippen molar-refractivity contribution in [3.8, 4) is 0 Å². The number of allylic oxidation sites excluding steroid dienone is 2.